The number of rotatable bonds is 23. The summed E-state index contributed by atoms with van der Waals surface area (Å²) in [5.41, 5.74) is 0. The van der Waals surface area contributed by atoms with Crippen molar-refractivity contribution in [1.82, 2.24) is 10.6 Å². The Labute approximate surface area is 271 Å². The minimum atomic E-state index is -0.349. The van der Waals surface area contributed by atoms with Crippen LogP contribution in [0, 0.1) is 11.8 Å². The molecule has 10 nitrogen and oxygen atoms in total. The van der Waals surface area contributed by atoms with E-state index in [-0.39, 0.29) is 36.2 Å². The van der Waals surface area contributed by atoms with Crippen molar-refractivity contribution in [1.29, 1.82) is 0 Å². The molecule has 1 aliphatic heterocycles. The number of esters is 2. The predicted molar refractivity (Wildman–Crippen MR) is 173 cm³/mol. The third-order valence-electron chi connectivity index (χ3n) is 9.16. The third-order valence-corrected chi connectivity index (χ3v) is 9.16. The summed E-state index contributed by atoms with van der Waals surface area (Å²) in [4.78, 5) is 33.9. The highest BCUT2D eigenvalue weighted by Gasteiger charge is 2.34. The molecule has 3 rings (SSSR count). The number of hydrogen-bond donors (Lipinski definition) is 2. The van der Waals surface area contributed by atoms with Gasteiger partial charge in [-0.15, -0.1) is 6.58 Å². The first-order chi connectivity index (χ1) is 22.1. The third kappa shape index (κ3) is 16.0. The van der Waals surface area contributed by atoms with Gasteiger partial charge in [0.2, 0.25) is 0 Å². The first-order valence-electron chi connectivity index (χ1n) is 17.6. The summed E-state index contributed by atoms with van der Waals surface area (Å²) in [6.45, 7) is 11.5. The van der Waals surface area contributed by atoms with E-state index in [0.717, 1.165) is 116 Å². The van der Waals surface area contributed by atoms with Gasteiger partial charge in [-0.1, -0.05) is 31.9 Å². The van der Waals surface area contributed by atoms with Crippen molar-refractivity contribution in [2.75, 3.05) is 46.1 Å². The quantitative estimate of drug-likeness (QED) is 0.0370. The molecule has 2 saturated carbocycles. The Hall–Kier alpha value is -1.82. The average Bonchev–Trinajstić information content (AvgIpc) is 3.07. The van der Waals surface area contributed by atoms with E-state index in [1.165, 1.54) is 6.08 Å². The highest BCUT2D eigenvalue weighted by Crippen LogP contribution is 2.30. The molecule has 1 saturated heterocycles. The van der Waals surface area contributed by atoms with E-state index >= 15 is 0 Å². The monoisotopic (exact) mass is 636 g/mol. The summed E-state index contributed by atoms with van der Waals surface area (Å²) in [7, 11) is 0. The van der Waals surface area contributed by atoms with E-state index in [9.17, 15) is 9.59 Å². The number of hydrogen-bond acceptors (Lipinski definition) is 10. The van der Waals surface area contributed by atoms with Gasteiger partial charge < -0.3 is 18.9 Å². The Balaban J connectivity index is 1.14. The molecule has 1 heterocycles. The molecule has 0 aromatic heterocycles. The normalized spacial score (nSPS) is 27.0. The Bertz CT molecular complexity index is 818. The second-order valence-corrected chi connectivity index (χ2v) is 12.7. The van der Waals surface area contributed by atoms with Crippen molar-refractivity contribution in [3.63, 3.8) is 0 Å². The van der Waals surface area contributed by atoms with E-state index in [4.69, 9.17) is 28.7 Å². The molecule has 0 aromatic carbocycles. The lowest BCUT2D eigenvalue weighted by atomic mass is 9.84. The fourth-order valence-electron chi connectivity index (χ4n) is 6.45. The van der Waals surface area contributed by atoms with Crippen LogP contribution in [0.4, 0.5) is 0 Å². The van der Waals surface area contributed by atoms with Crippen LogP contribution in [0.3, 0.4) is 0 Å². The van der Waals surface area contributed by atoms with Crippen molar-refractivity contribution in [2.45, 2.75) is 127 Å². The second kappa shape index (κ2) is 23.5. The molecule has 0 bridgehead atoms. The molecule has 0 unspecified atom stereocenters. The van der Waals surface area contributed by atoms with E-state index in [2.05, 4.69) is 23.8 Å². The fraction of sp³-hybridized carbons (Fsp3) is 0.829. The minimum Gasteiger partial charge on any atom is -0.463 e. The van der Waals surface area contributed by atoms with Crippen LogP contribution in [0.25, 0.3) is 0 Å². The van der Waals surface area contributed by atoms with E-state index < -0.39 is 0 Å². The van der Waals surface area contributed by atoms with Gasteiger partial charge in [0.1, 0.15) is 12.7 Å². The second-order valence-electron chi connectivity index (χ2n) is 12.7. The van der Waals surface area contributed by atoms with Crippen molar-refractivity contribution < 1.29 is 38.3 Å². The van der Waals surface area contributed by atoms with Crippen LogP contribution in [-0.4, -0.2) is 82.5 Å². The van der Waals surface area contributed by atoms with Crippen molar-refractivity contribution in [2.24, 2.45) is 11.8 Å². The lowest BCUT2D eigenvalue weighted by molar-refractivity contribution is -0.286. The Kier molecular flexibility index (Phi) is 19.6. The average molecular weight is 637 g/mol. The van der Waals surface area contributed by atoms with Crippen LogP contribution in [0.1, 0.15) is 103 Å². The summed E-state index contributed by atoms with van der Waals surface area (Å²) in [5, 5.41) is 7.21. The highest BCUT2D eigenvalue weighted by atomic mass is 17.2. The molecule has 3 aliphatic rings. The molecule has 10 heteroatoms. The van der Waals surface area contributed by atoms with Crippen LogP contribution in [0.2, 0.25) is 0 Å². The van der Waals surface area contributed by atoms with Gasteiger partial charge in [0.05, 0.1) is 37.5 Å². The molecule has 0 amide bonds. The zero-order chi connectivity index (χ0) is 32.0. The number of carbonyl (C=O) groups excluding carboxylic acids is 2. The smallest absolute Gasteiger partial charge is 0.330 e. The summed E-state index contributed by atoms with van der Waals surface area (Å²) in [5.74, 6) is 0.168. The van der Waals surface area contributed by atoms with Crippen LogP contribution < -0.4 is 10.6 Å². The number of unbranched alkanes of at least 4 members (excludes halogenated alkanes) is 6. The summed E-state index contributed by atoms with van der Waals surface area (Å²) < 4.78 is 23.1. The lowest BCUT2D eigenvalue weighted by Gasteiger charge is -2.39. The van der Waals surface area contributed by atoms with Gasteiger partial charge in [0.25, 0.3) is 0 Å². The Morgan fingerprint density at radius 3 is 1.78 bits per heavy atom. The van der Waals surface area contributed by atoms with E-state index in [0.29, 0.717) is 44.9 Å². The molecule has 0 radical (unpaired) electrons. The first kappa shape index (κ1) is 37.6. The molecule has 0 spiro atoms. The zero-order valence-electron chi connectivity index (χ0n) is 27.6. The predicted octanol–water partition coefficient (Wildman–Crippen LogP) is 5.55. The van der Waals surface area contributed by atoms with Gasteiger partial charge >= 0.3 is 11.9 Å². The van der Waals surface area contributed by atoms with Gasteiger partial charge in [0.15, 0.2) is 0 Å². The molecule has 0 atom stereocenters. The maximum atomic E-state index is 12.9. The van der Waals surface area contributed by atoms with Crippen LogP contribution in [-0.2, 0) is 38.3 Å². The van der Waals surface area contributed by atoms with E-state index in [1.54, 1.807) is 6.08 Å². The molecular formula is C35H60N2O8. The first-order valence-corrected chi connectivity index (χ1v) is 17.6. The van der Waals surface area contributed by atoms with Crippen LogP contribution in [0.5, 0.6) is 0 Å². The van der Waals surface area contributed by atoms with Crippen molar-refractivity contribution >= 4 is 11.9 Å². The topological polar surface area (TPSA) is 114 Å². The van der Waals surface area contributed by atoms with Gasteiger partial charge in [0, 0.05) is 32.4 Å². The molecule has 258 valence electrons. The standard InChI is InChI=1S/C35H60N2O8/c1-3-21-43-44-25-12-8-7-10-23-41-31-19-15-29(16-20-31)35(39)45-32-26-36-34(37-27-32)28-13-17-30(18-14-28)40-22-9-5-6-11-24-42-33(38)4-2/h3-4,28-32,34,36-37H,1-2,5-27H2. The van der Waals surface area contributed by atoms with Crippen LogP contribution >= 0.6 is 0 Å². The Morgan fingerprint density at radius 1 is 0.644 bits per heavy atom. The lowest BCUT2D eigenvalue weighted by Crippen LogP contribution is -2.59. The summed E-state index contributed by atoms with van der Waals surface area (Å²) >= 11 is 0. The number of ether oxygens (including phenoxy) is 4. The molecule has 2 aliphatic carbocycles. The molecule has 2 N–H and O–H groups in total. The minimum absolute atomic E-state index is 0.0109. The molecule has 45 heavy (non-hydrogen) atoms. The molecular weight excluding hydrogens is 576 g/mol. The highest BCUT2D eigenvalue weighted by molar-refractivity contribution is 5.81. The maximum absolute atomic E-state index is 12.9. The molecule has 3 fully saturated rings. The zero-order valence-corrected chi connectivity index (χ0v) is 27.6. The van der Waals surface area contributed by atoms with Crippen molar-refractivity contribution in [3.8, 4) is 0 Å². The van der Waals surface area contributed by atoms with Gasteiger partial charge in [-0.3, -0.25) is 15.4 Å². The maximum Gasteiger partial charge on any atom is 0.330 e. The SMILES string of the molecule is C=CCOOCCCCCCOC1CCC(C(=O)OC2CNC(C3CCC(OCCCCCCOC(=O)C=C)CC3)NC2)CC1. The van der Waals surface area contributed by atoms with E-state index in [1.807, 2.05) is 0 Å². The van der Waals surface area contributed by atoms with Gasteiger partial charge in [-0.25, -0.2) is 14.6 Å². The molecule has 0 aromatic rings. The largest absolute Gasteiger partial charge is 0.463 e. The summed E-state index contributed by atoms with van der Waals surface area (Å²) in [6, 6.07) is 0. The van der Waals surface area contributed by atoms with Crippen molar-refractivity contribution in [3.05, 3.63) is 25.3 Å². The number of nitrogens with one attached hydrogen (secondary N) is 2. The van der Waals surface area contributed by atoms with Gasteiger partial charge in [-0.05, 0) is 89.4 Å². The van der Waals surface area contributed by atoms with Gasteiger partial charge in [-0.2, -0.15) is 0 Å². The fourth-order valence-corrected chi connectivity index (χ4v) is 6.45. The number of carbonyl (C=O) groups is 2. The Morgan fingerprint density at radius 2 is 1.20 bits per heavy atom. The van der Waals surface area contributed by atoms with Crippen LogP contribution in [0.15, 0.2) is 25.3 Å². The summed E-state index contributed by atoms with van der Waals surface area (Å²) in [6.07, 6.45) is 20.0.